The van der Waals surface area contributed by atoms with E-state index in [0.29, 0.717) is 37.7 Å². The van der Waals surface area contributed by atoms with Gasteiger partial charge in [0.05, 0.1) is 12.7 Å². The summed E-state index contributed by atoms with van der Waals surface area (Å²) in [7, 11) is 0. The molecule has 1 amide bonds. The fraction of sp³-hybridized carbons (Fsp3) is 0.833. The Morgan fingerprint density at radius 1 is 1.25 bits per heavy atom. The first-order valence-electron chi connectivity index (χ1n) is 6.16. The number of ether oxygens (including phenoxy) is 1. The van der Waals surface area contributed by atoms with Crippen molar-refractivity contribution in [3.8, 4) is 0 Å². The molecule has 0 aliphatic heterocycles. The van der Waals surface area contributed by atoms with Gasteiger partial charge in [0.1, 0.15) is 5.78 Å². The molecule has 0 radical (unpaired) electrons. The fourth-order valence-electron chi connectivity index (χ4n) is 1.93. The molecule has 2 aliphatic rings. The van der Waals surface area contributed by atoms with Crippen molar-refractivity contribution in [1.82, 2.24) is 5.32 Å². The van der Waals surface area contributed by atoms with E-state index in [1.807, 2.05) is 0 Å². The minimum atomic E-state index is 0.0920. The lowest BCUT2D eigenvalue weighted by Crippen LogP contribution is -2.28. The highest BCUT2D eigenvalue weighted by Crippen LogP contribution is 2.19. The van der Waals surface area contributed by atoms with E-state index >= 15 is 0 Å². The number of ketones is 1. The average molecular weight is 225 g/mol. The Morgan fingerprint density at radius 2 is 1.94 bits per heavy atom. The topological polar surface area (TPSA) is 55.4 Å². The van der Waals surface area contributed by atoms with Crippen LogP contribution in [0, 0.1) is 0 Å². The second-order valence-corrected chi connectivity index (χ2v) is 4.70. The van der Waals surface area contributed by atoms with E-state index in [1.165, 1.54) is 0 Å². The normalized spacial score (nSPS) is 22.1. The molecular weight excluding hydrogens is 206 g/mol. The van der Waals surface area contributed by atoms with Crippen molar-refractivity contribution < 1.29 is 14.3 Å². The molecule has 0 saturated heterocycles. The molecule has 4 heteroatoms. The van der Waals surface area contributed by atoms with E-state index in [2.05, 4.69) is 5.32 Å². The van der Waals surface area contributed by atoms with E-state index in [0.717, 1.165) is 25.7 Å². The molecule has 90 valence electrons. The summed E-state index contributed by atoms with van der Waals surface area (Å²) < 4.78 is 5.59. The lowest BCUT2D eigenvalue weighted by atomic mass is 9.96. The first kappa shape index (κ1) is 11.6. The molecular formula is C12H19NO3. The van der Waals surface area contributed by atoms with Crippen LogP contribution < -0.4 is 5.32 Å². The molecule has 2 fully saturated rings. The largest absolute Gasteiger partial charge is 0.378 e. The van der Waals surface area contributed by atoms with Crippen LogP contribution in [0.3, 0.4) is 0 Å². The predicted molar refractivity (Wildman–Crippen MR) is 59.0 cm³/mol. The Balaban J connectivity index is 1.53. The zero-order valence-electron chi connectivity index (χ0n) is 9.54. The third-order valence-corrected chi connectivity index (χ3v) is 3.12. The lowest BCUT2D eigenvalue weighted by molar-refractivity contribution is -0.126. The van der Waals surface area contributed by atoms with Crippen molar-refractivity contribution in [2.45, 2.75) is 57.1 Å². The fourth-order valence-corrected chi connectivity index (χ4v) is 1.93. The zero-order valence-corrected chi connectivity index (χ0v) is 9.54. The highest BCUT2D eigenvalue weighted by molar-refractivity contribution is 5.79. The van der Waals surface area contributed by atoms with Gasteiger partial charge in [-0.2, -0.15) is 0 Å². The van der Waals surface area contributed by atoms with Gasteiger partial charge in [-0.05, 0) is 25.7 Å². The monoisotopic (exact) mass is 225 g/mol. The van der Waals surface area contributed by atoms with Crippen LogP contribution in [0.5, 0.6) is 0 Å². The Bertz CT molecular complexity index is 263. The quantitative estimate of drug-likeness (QED) is 0.764. The van der Waals surface area contributed by atoms with Gasteiger partial charge in [0.25, 0.3) is 0 Å². The molecule has 0 atom stereocenters. The van der Waals surface area contributed by atoms with Crippen LogP contribution in [0.1, 0.15) is 44.9 Å². The van der Waals surface area contributed by atoms with Gasteiger partial charge in [-0.1, -0.05) is 0 Å². The molecule has 0 aromatic carbocycles. The smallest absolute Gasteiger partial charge is 0.222 e. The minimum Gasteiger partial charge on any atom is -0.378 e. The van der Waals surface area contributed by atoms with E-state index in [1.54, 1.807) is 0 Å². The summed E-state index contributed by atoms with van der Waals surface area (Å²) in [6, 6.07) is 0.430. The van der Waals surface area contributed by atoms with Crippen molar-refractivity contribution in [2.75, 3.05) is 6.61 Å². The summed E-state index contributed by atoms with van der Waals surface area (Å²) in [6.45, 7) is 0.484. The molecule has 0 aromatic rings. The Morgan fingerprint density at radius 3 is 2.56 bits per heavy atom. The van der Waals surface area contributed by atoms with Gasteiger partial charge in [0, 0.05) is 25.3 Å². The number of Topliss-reactive ketones (excluding diaryl/α,β-unsaturated/α-hetero) is 1. The van der Waals surface area contributed by atoms with Gasteiger partial charge in [0.15, 0.2) is 0 Å². The molecule has 4 nitrogen and oxygen atoms in total. The van der Waals surface area contributed by atoms with Gasteiger partial charge in [-0.25, -0.2) is 0 Å². The summed E-state index contributed by atoms with van der Waals surface area (Å²) >= 11 is 0. The van der Waals surface area contributed by atoms with E-state index < -0.39 is 0 Å². The number of carbonyl (C=O) groups is 2. The molecule has 0 unspecified atom stereocenters. The zero-order chi connectivity index (χ0) is 11.4. The Labute approximate surface area is 95.7 Å². The van der Waals surface area contributed by atoms with Crippen LogP contribution in [0.4, 0.5) is 0 Å². The average Bonchev–Trinajstić information content (AvgIpc) is 3.05. The summed E-state index contributed by atoms with van der Waals surface area (Å²) in [5.41, 5.74) is 0. The van der Waals surface area contributed by atoms with Crippen molar-refractivity contribution in [1.29, 1.82) is 0 Å². The molecule has 0 bridgehead atoms. The van der Waals surface area contributed by atoms with Gasteiger partial charge < -0.3 is 10.1 Å². The number of hydrogen-bond acceptors (Lipinski definition) is 3. The second kappa shape index (κ2) is 5.43. The maximum Gasteiger partial charge on any atom is 0.222 e. The van der Waals surface area contributed by atoms with Crippen LogP contribution in [-0.4, -0.2) is 30.4 Å². The van der Waals surface area contributed by atoms with Crippen molar-refractivity contribution in [3.05, 3.63) is 0 Å². The highest BCUT2D eigenvalue weighted by atomic mass is 16.5. The Kier molecular flexibility index (Phi) is 3.93. The first-order chi connectivity index (χ1) is 7.74. The van der Waals surface area contributed by atoms with Gasteiger partial charge in [-0.15, -0.1) is 0 Å². The van der Waals surface area contributed by atoms with E-state index in [9.17, 15) is 9.59 Å². The highest BCUT2D eigenvalue weighted by Gasteiger charge is 2.23. The second-order valence-electron chi connectivity index (χ2n) is 4.70. The first-order valence-corrected chi connectivity index (χ1v) is 6.16. The standard InChI is InChI=1S/C12H19NO3/c14-10-3-5-11(6-4-10)16-8-7-12(15)13-9-1-2-9/h9,11H,1-8H2,(H,13,15). The third-order valence-electron chi connectivity index (χ3n) is 3.12. The van der Waals surface area contributed by atoms with Gasteiger partial charge in [0.2, 0.25) is 5.91 Å². The van der Waals surface area contributed by atoms with Gasteiger partial charge >= 0.3 is 0 Å². The van der Waals surface area contributed by atoms with Crippen molar-refractivity contribution in [2.24, 2.45) is 0 Å². The lowest BCUT2D eigenvalue weighted by Gasteiger charge is -2.21. The molecule has 2 rings (SSSR count). The maximum absolute atomic E-state index is 11.3. The molecule has 2 aliphatic carbocycles. The molecule has 2 saturated carbocycles. The van der Waals surface area contributed by atoms with E-state index in [-0.39, 0.29) is 12.0 Å². The number of nitrogens with one attached hydrogen (secondary N) is 1. The number of carbonyl (C=O) groups excluding carboxylic acids is 2. The van der Waals surface area contributed by atoms with Crippen LogP contribution in [0.2, 0.25) is 0 Å². The molecule has 0 spiro atoms. The third kappa shape index (κ3) is 3.93. The minimum absolute atomic E-state index is 0.0920. The number of hydrogen-bond donors (Lipinski definition) is 1. The van der Waals surface area contributed by atoms with Crippen LogP contribution in [0.15, 0.2) is 0 Å². The molecule has 0 aromatic heterocycles. The molecule has 16 heavy (non-hydrogen) atoms. The summed E-state index contributed by atoms with van der Waals surface area (Å²) in [5.74, 6) is 0.431. The SMILES string of the molecule is O=C1CCC(OCCC(=O)NC2CC2)CC1. The maximum atomic E-state index is 11.3. The summed E-state index contributed by atoms with van der Waals surface area (Å²) in [5, 5.41) is 2.93. The van der Waals surface area contributed by atoms with Crippen LogP contribution in [0.25, 0.3) is 0 Å². The summed E-state index contributed by atoms with van der Waals surface area (Å²) in [4.78, 5) is 22.3. The predicted octanol–water partition coefficient (Wildman–Crippen LogP) is 1.18. The van der Waals surface area contributed by atoms with E-state index in [4.69, 9.17) is 4.74 Å². The van der Waals surface area contributed by atoms with Crippen LogP contribution >= 0.6 is 0 Å². The molecule has 1 N–H and O–H groups in total. The molecule has 0 heterocycles. The van der Waals surface area contributed by atoms with Gasteiger partial charge in [-0.3, -0.25) is 9.59 Å². The number of rotatable bonds is 5. The van der Waals surface area contributed by atoms with Crippen molar-refractivity contribution >= 4 is 11.7 Å². The Hall–Kier alpha value is -0.900. The summed E-state index contributed by atoms with van der Waals surface area (Å²) in [6.07, 6.45) is 5.80. The van der Waals surface area contributed by atoms with Crippen molar-refractivity contribution in [3.63, 3.8) is 0 Å². The van der Waals surface area contributed by atoms with Crippen LogP contribution in [-0.2, 0) is 14.3 Å². The number of amides is 1.